The Labute approximate surface area is 171 Å². The first kappa shape index (κ1) is 20.1. The summed E-state index contributed by atoms with van der Waals surface area (Å²) >= 11 is 0. The van der Waals surface area contributed by atoms with E-state index in [-0.39, 0.29) is 18.4 Å². The molecular weight excluding hydrogens is 362 g/mol. The van der Waals surface area contributed by atoms with Crippen molar-refractivity contribution in [1.29, 1.82) is 0 Å². The number of anilines is 2. The Morgan fingerprint density at radius 2 is 1.38 bits per heavy atom. The fourth-order valence-electron chi connectivity index (χ4n) is 3.04. The molecule has 0 spiro atoms. The van der Waals surface area contributed by atoms with E-state index in [9.17, 15) is 9.59 Å². The number of amides is 2. The van der Waals surface area contributed by atoms with Crippen LogP contribution in [0.2, 0.25) is 0 Å². The summed E-state index contributed by atoms with van der Waals surface area (Å²) in [5.41, 5.74) is 3.56. The highest BCUT2D eigenvalue weighted by Crippen LogP contribution is 2.19. The molecular formula is C24H25N3O2. The summed E-state index contributed by atoms with van der Waals surface area (Å²) in [7, 11) is 3.65. The summed E-state index contributed by atoms with van der Waals surface area (Å²) in [6, 6.07) is 26.9. The van der Waals surface area contributed by atoms with Gasteiger partial charge in [0.05, 0.1) is 6.54 Å². The summed E-state index contributed by atoms with van der Waals surface area (Å²) in [4.78, 5) is 28.2. The fourth-order valence-corrected chi connectivity index (χ4v) is 3.04. The van der Waals surface area contributed by atoms with Gasteiger partial charge in [-0.1, -0.05) is 48.5 Å². The number of benzene rings is 3. The van der Waals surface area contributed by atoms with Crippen molar-refractivity contribution in [3.8, 4) is 0 Å². The van der Waals surface area contributed by atoms with E-state index in [1.807, 2.05) is 55.6 Å². The van der Waals surface area contributed by atoms with Gasteiger partial charge in [0.25, 0.3) is 5.91 Å². The first-order valence-electron chi connectivity index (χ1n) is 9.48. The lowest BCUT2D eigenvalue weighted by Crippen LogP contribution is -2.34. The van der Waals surface area contributed by atoms with E-state index in [1.165, 1.54) is 10.5 Å². The van der Waals surface area contributed by atoms with Crippen molar-refractivity contribution in [1.82, 2.24) is 4.90 Å². The van der Waals surface area contributed by atoms with Gasteiger partial charge in [-0.15, -0.1) is 0 Å². The Morgan fingerprint density at radius 3 is 2.00 bits per heavy atom. The van der Waals surface area contributed by atoms with E-state index in [0.29, 0.717) is 11.3 Å². The summed E-state index contributed by atoms with van der Waals surface area (Å²) in [6.07, 6.45) is 0. The van der Waals surface area contributed by atoms with Crippen LogP contribution in [0.5, 0.6) is 0 Å². The highest BCUT2D eigenvalue weighted by atomic mass is 16.2. The zero-order chi connectivity index (χ0) is 20.6. The van der Waals surface area contributed by atoms with Gasteiger partial charge >= 0.3 is 0 Å². The monoisotopic (exact) mass is 387 g/mol. The van der Waals surface area contributed by atoms with Crippen molar-refractivity contribution in [3.63, 3.8) is 0 Å². The van der Waals surface area contributed by atoms with Crippen molar-refractivity contribution >= 4 is 23.2 Å². The summed E-state index contributed by atoms with van der Waals surface area (Å²) in [5, 5.41) is 2.84. The second-order valence-electron chi connectivity index (χ2n) is 6.96. The highest BCUT2D eigenvalue weighted by molar-refractivity contribution is 5.99. The molecule has 3 rings (SSSR count). The molecule has 2 amide bonds. The van der Waals surface area contributed by atoms with Crippen LogP contribution in [0.3, 0.4) is 0 Å². The minimum absolute atomic E-state index is 0.0105. The topological polar surface area (TPSA) is 52.7 Å². The normalized spacial score (nSPS) is 10.3. The van der Waals surface area contributed by atoms with Gasteiger partial charge in [0.15, 0.2) is 0 Å². The average molecular weight is 387 g/mol. The van der Waals surface area contributed by atoms with Gasteiger partial charge in [-0.2, -0.15) is 0 Å². The molecule has 0 radical (unpaired) electrons. The molecule has 5 heteroatoms. The lowest BCUT2D eigenvalue weighted by Gasteiger charge is -2.20. The zero-order valence-electron chi connectivity index (χ0n) is 16.7. The van der Waals surface area contributed by atoms with Gasteiger partial charge in [0.2, 0.25) is 5.91 Å². The van der Waals surface area contributed by atoms with E-state index in [0.717, 1.165) is 12.2 Å². The molecule has 0 heterocycles. The predicted molar refractivity (Wildman–Crippen MR) is 117 cm³/mol. The Balaban J connectivity index is 1.53. The van der Waals surface area contributed by atoms with Crippen LogP contribution < -0.4 is 10.2 Å². The summed E-state index contributed by atoms with van der Waals surface area (Å²) < 4.78 is 0. The minimum Gasteiger partial charge on any atom is -0.370 e. The summed E-state index contributed by atoms with van der Waals surface area (Å²) in [6.45, 7) is 0.794. The van der Waals surface area contributed by atoms with E-state index in [2.05, 4.69) is 22.3 Å². The van der Waals surface area contributed by atoms with E-state index in [4.69, 9.17) is 0 Å². The Kier molecular flexibility index (Phi) is 6.63. The maximum Gasteiger partial charge on any atom is 0.254 e. The second-order valence-corrected chi connectivity index (χ2v) is 6.96. The van der Waals surface area contributed by atoms with E-state index < -0.39 is 0 Å². The Bertz CT molecular complexity index is 941. The molecule has 0 unspecified atom stereocenters. The fraction of sp³-hybridized carbons (Fsp3) is 0.167. The molecule has 148 valence electrons. The van der Waals surface area contributed by atoms with Crippen molar-refractivity contribution in [3.05, 3.63) is 96.1 Å². The van der Waals surface area contributed by atoms with Crippen LogP contribution >= 0.6 is 0 Å². The summed E-state index contributed by atoms with van der Waals surface area (Å²) in [5.74, 6) is -0.416. The maximum atomic E-state index is 12.3. The number of likely N-dealkylation sites (N-methyl/N-ethyl adjacent to an activating group) is 1. The lowest BCUT2D eigenvalue weighted by molar-refractivity contribution is -0.116. The van der Waals surface area contributed by atoms with Crippen LogP contribution in [0.4, 0.5) is 11.4 Å². The second kappa shape index (κ2) is 9.55. The molecule has 0 aliphatic rings. The molecule has 0 atom stereocenters. The van der Waals surface area contributed by atoms with Gasteiger partial charge in [-0.05, 0) is 42.0 Å². The highest BCUT2D eigenvalue weighted by Gasteiger charge is 2.14. The number of nitrogens with one attached hydrogen (secondary N) is 1. The van der Waals surface area contributed by atoms with Crippen molar-refractivity contribution in [2.45, 2.75) is 6.54 Å². The number of hydrogen-bond donors (Lipinski definition) is 1. The van der Waals surface area contributed by atoms with Gasteiger partial charge in [-0.3, -0.25) is 9.59 Å². The van der Waals surface area contributed by atoms with Crippen LogP contribution in [-0.4, -0.2) is 37.4 Å². The van der Waals surface area contributed by atoms with Crippen LogP contribution in [0.15, 0.2) is 84.9 Å². The van der Waals surface area contributed by atoms with Crippen molar-refractivity contribution in [2.75, 3.05) is 30.9 Å². The van der Waals surface area contributed by atoms with Gasteiger partial charge in [0, 0.05) is 37.6 Å². The zero-order valence-corrected chi connectivity index (χ0v) is 16.7. The van der Waals surface area contributed by atoms with Crippen LogP contribution in [0.1, 0.15) is 15.9 Å². The Hall–Kier alpha value is -3.60. The molecule has 0 bridgehead atoms. The van der Waals surface area contributed by atoms with Crippen LogP contribution in [-0.2, 0) is 11.3 Å². The van der Waals surface area contributed by atoms with Gasteiger partial charge in [0.1, 0.15) is 0 Å². The Morgan fingerprint density at radius 1 is 0.793 bits per heavy atom. The molecule has 29 heavy (non-hydrogen) atoms. The molecule has 5 nitrogen and oxygen atoms in total. The smallest absolute Gasteiger partial charge is 0.254 e. The minimum atomic E-state index is -0.234. The largest absolute Gasteiger partial charge is 0.370 e. The molecule has 0 saturated carbocycles. The first-order chi connectivity index (χ1) is 14.0. The molecule has 1 N–H and O–H groups in total. The quantitative estimate of drug-likeness (QED) is 0.666. The molecule has 0 saturated heterocycles. The first-order valence-corrected chi connectivity index (χ1v) is 9.48. The van der Waals surface area contributed by atoms with E-state index >= 15 is 0 Å². The number of carbonyl (C=O) groups excluding carboxylic acids is 2. The third-order valence-electron chi connectivity index (χ3n) is 4.60. The lowest BCUT2D eigenvalue weighted by atomic mass is 10.2. The van der Waals surface area contributed by atoms with E-state index in [1.54, 1.807) is 31.3 Å². The third-order valence-corrected chi connectivity index (χ3v) is 4.60. The molecule has 0 fully saturated rings. The standard InChI is InChI=1S/C24H25N3O2/c1-26(17-19-9-5-3-6-10-19)22-15-13-21(14-16-22)25-23(28)18-27(2)24(29)20-11-7-4-8-12-20/h3-16H,17-18H2,1-2H3,(H,25,28). The number of carbonyl (C=O) groups is 2. The number of hydrogen-bond acceptors (Lipinski definition) is 3. The van der Waals surface area contributed by atoms with Crippen LogP contribution in [0.25, 0.3) is 0 Å². The van der Waals surface area contributed by atoms with Crippen LogP contribution in [0, 0.1) is 0 Å². The molecule has 0 aliphatic heterocycles. The van der Waals surface area contributed by atoms with Gasteiger partial charge < -0.3 is 15.1 Å². The number of nitrogens with zero attached hydrogens (tertiary/aromatic N) is 2. The molecule has 0 aliphatic carbocycles. The maximum absolute atomic E-state index is 12.3. The predicted octanol–water partition coefficient (Wildman–Crippen LogP) is 4.03. The molecule has 0 aromatic heterocycles. The average Bonchev–Trinajstić information content (AvgIpc) is 2.75. The third kappa shape index (κ3) is 5.69. The SMILES string of the molecule is CN(CC(=O)Nc1ccc(N(C)Cc2ccccc2)cc1)C(=O)c1ccccc1. The van der Waals surface area contributed by atoms with Crippen molar-refractivity contribution in [2.24, 2.45) is 0 Å². The van der Waals surface area contributed by atoms with Crippen molar-refractivity contribution < 1.29 is 9.59 Å². The molecule has 3 aromatic rings. The number of rotatable bonds is 7. The molecule has 3 aromatic carbocycles. The van der Waals surface area contributed by atoms with Gasteiger partial charge in [-0.25, -0.2) is 0 Å².